The molecule has 3 aromatic rings. The van der Waals surface area contributed by atoms with E-state index in [0.717, 1.165) is 35.4 Å². The van der Waals surface area contributed by atoms with Crippen molar-refractivity contribution < 1.29 is 14.3 Å². The molecule has 0 unspecified atom stereocenters. The largest absolute Gasteiger partial charge is 0.495 e. The van der Waals surface area contributed by atoms with Crippen LogP contribution in [-0.4, -0.2) is 34.2 Å². The highest BCUT2D eigenvalue weighted by Gasteiger charge is 2.06. The highest BCUT2D eigenvalue weighted by atomic mass is 16.5. The van der Waals surface area contributed by atoms with Gasteiger partial charge in [-0.25, -0.2) is 9.78 Å². The Balaban J connectivity index is 1.49. The lowest BCUT2D eigenvalue weighted by Gasteiger charge is -2.07. The molecule has 6 heteroatoms. The predicted octanol–water partition coefficient (Wildman–Crippen LogP) is 3.40. The number of aryl methyl sites for hydroxylation is 2. The van der Waals surface area contributed by atoms with Gasteiger partial charge in [-0.15, -0.1) is 0 Å². The number of hydrogen-bond donors (Lipinski definition) is 0. The van der Waals surface area contributed by atoms with Crippen LogP contribution < -0.4 is 4.74 Å². The van der Waals surface area contributed by atoms with Crippen LogP contribution in [-0.2, 0) is 16.1 Å². The maximum Gasteiger partial charge on any atom is 0.330 e. The molecule has 0 fully saturated rings. The third-order valence-corrected chi connectivity index (χ3v) is 4.00. The topological polar surface area (TPSA) is 66.2 Å². The van der Waals surface area contributed by atoms with E-state index in [2.05, 4.69) is 14.5 Å². The van der Waals surface area contributed by atoms with E-state index < -0.39 is 0 Å². The van der Waals surface area contributed by atoms with Gasteiger partial charge in [-0.3, -0.25) is 4.98 Å². The highest BCUT2D eigenvalue weighted by molar-refractivity contribution is 5.87. The van der Waals surface area contributed by atoms with Gasteiger partial charge in [0.2, 0.25) is 0 Å². The quantitative estimate of drug-likeness (QED) is 0.371. The average Bonchev–Trinajstić information content (AvgIpc) is 2.99. The van der Waals surface area contributed by atoms with Gasteiger partial charge in [-0.2, -0.15) is 0 Å². The smallest absolute Gasteiger partial charge is 0.330 e. The zero-order valence-electron chi connectivity index (χ0n) is 14.9. The third kappa shape index (κ3) is 4.27. The molecule has 3 rings (SSSR count). The van der Waals surface area contributed by atoms with Crippen molar-refractivity contribution >= 4 is 23.1 Å². The third-order valence-electron chi connectivity index (χ3n) is 4.00. The fraction of sp³-hybridized carbons (Fsp3) is 0.250. The SMILES string of the molecule is COc1cncc(/C=C/C(=O)OCCCn2c(C)nc3ccccc32)c1. The number of fused-ring (bicyclic) bond motifs is 1. The van der Waals surface area contributed by atoms with Gasteiger partial charge in [0, 0.05) is 18.8 Å². The molecule has 26 heavy (non-hydrogen) atoms. The van der Waals surface area contributed by atoms with Gasteiger partial charge < -0.3 is 14.0 Å². The fourth-order valence-corrected chi connectivity index (χ4v) is 2.72. The molecule has 0 atom stereocenters. The summed E-state index contributed by atoms with van der Waals surface area (Å²) in [5.74, 6) is 1.23. The Hall–Kier alpha value is -3.15. The van der Waals surface area contributed by atoms with Crippen LogP contribution in [0.15, 0.2) is 48.8 Å². The van der Waals surface area contributed by atoms with Gasteiger partial charge in [-0.1, -0.05) is 12.1 Å². The molecule has 0 bridgehead atoms. The number of pyridine rings is 1. The standard InChI is InChI=1S/C20H21N3O3/c1-15-22-18-6-3-4-7-19(18)23(15)10-5-11-26-20(24)9-8-16-12-17(25-2)14-21-13-16/h3-4,6-9,12-14H,5,10-11H2,1-2H3/b9-8+. The van der Waals surface area contributed by atoms with E-state index in [9.17, 15) is 4.79 Å². The number of para-hydroxylation sites is 2. The number of rotatable bonds is 7. The number of carbonyl (C=O) groups excluding carboxylic acids is 1. The molecule has 0 saturated heterocycles. The summed E-state index contributed by atoms with van der Waals surface area (Å²) in [7, 11) is 1.57. The second-order valence-corrected chi connectivity index (χ2v) is 5.81. The van der Waals surface area contributed by atoms with Crippen molar-refractivity contribution in [1.29, 1.82) is 0 Å². The Bertz CT molecular complexity index is 931. The Kier molecular flexibility index (Phi) is 5.63. The molecule has 2 heterocycles. The first-order chi connectivity index (χ1) is 12.7. The molecule has 6 nitrogen and oxygen atoms in total. The van der Waals surface area contributed by atoms with Crippen LogP contribution in [0.3, 0.4) is 0 Å². The molecule has 0 N–H and O–H groups in total. The van der Waals surface area contributed by atoms with Crippen LogP contribution in [0.4, 0.5) is 0 Å². The van der Waals surface area contributed by atoms with Crippen LogP contribution in [0, 0.1) is 6.92 Å². The van der Waals surface area contributed by atoms with Crippen molar-refractivity contribution in [2.75, 3.05) is 13.7 Å². The second kappa shape index (κ2) is 8.29. The Morgan fingerprint density at radius 3 is 2.96 bits per heavy atom. The van der Waals surface area contributed by atoms with Gasteiger partial charge >= 0.3 is 5.97 Å². The molecule has 0 radical (unpaired) electrons. The maximum atomic E-state index is 11.8. The molecule has 2 aromatic heterocycles. The normalized spacial score (nSPS) is 11.2. The molecule has 0 aliphatic heterocycles. The summed E-state index contributed by atoms with van der Waals surface area (Å²) in [5.41, 5.74) is 2.86. The summed E-state index contributed by atoms with van der Waals surface area (Å²) >= 11 is 0. The minimum absolute atomic E-state index is 0.353. The molecule has 1 aromatic carbocycles. The van der Waals surface area contributed by atoms with Crippen LogP contribution >= 0.6 is 0 Å². The van der Waals surface area contributed by atoms with Crippen molar-refractivity contribution in [1.82, 2.24) is 14.5 Å². The Labute approximate surface area is 152 Å². The van der Waals surface area contributed by atoms with E-state index in [4.69, 9.17) is 9.47 Å². The van der Waals surface area contributed by atoms with Gasteiger partial charge in [0.1, 0.15) is 11.6 Å². The summed E-state index contributed by atoms with van der Waals surface area (Å²) in [5, 5.41) is 0. The van der Waals surface area contributed by atoms with Crippen LogP contribution in [0.2, 0.25) is 0 Å². The summed E-state index contributed by atoms with van der Waals surface area (Å²) in [6.45, 7) is 3.09. The van der Waals surface area contributed by atoms with Gasteiger partial charge in [-0.05, 0) is 43.2 Å². The lowest BCUT2D eigenvalue weighted by Crippen LogP contribution is -2.07. The molecule has 0 amide bonds. The van der Waals surface area contributed by atoms with E-state index in [-0.39, 0.29) is 5.97 Å². The number of nitrogens with zero attached hydrogens (tertiary/aromatic N) is 3. The van der Waals surface area contributed by atoms with Crippen molar-refractivity contribution in [3.8, 4) is 5.75 Å². The Morgan fingerprint density at radius 1 is 1.27 bits per heavy atom. The number of benzene rings is 1. The summed E-state index contributed by atoms with van der Waals surface area (Å²) in [6, 6.07) is 9.82. The van der Waals surface area contributed by atoms with Crippen LogP contribution in [0.5, 0.6) is 5.75 Å². The number of esters is 1. The number of imidazole rings is 1. The highest BCUT2D eigenvalue weighted by Crippen LogP contribution is 2.16. The van der Waals surface area contributed by atoms with Crippen LogP contribution in [0.25, 0.3) is 17.1 Å². The van der Waals surface area contributed by atoms with Crippen molar-refractivity contribution in [2.45, 2.75) is 19.9 Å². The number of aromatic nitrogens is 3. The molecule has 134 valence electrons. The number of ether oxygens (including phenoxy) is 2. The van der Waals surface area contributed by atoms with Crippen LogP contribution in [0.1, 0.15) is 17.8 Å². The monoisotopic (exact) mass is 351 g/mol. The predicted molar refractivity (Wildman–Crippen MR) is 99.9 cm³/mol. The summed E-state index contributed by atoms with van der Waals surface area (Å²) in [6.07, 6.45) is 7.04. The molecule has 0 aliphatic rings. The minimum Gasteiger partial charge on any atom is -0.495 e. The van der Waals surface area contributed by atoms with E-state index in [1.54, 1.807) is 31.6 Å². The van der Waals surface area contributed by atoms with E-state index in [1.165, 1.54) is 6.08 Å². The van der Waals surface area contributed by atoms with E-state index in [0.29, 0.717) is 12.4 Å². The first-order valence-electron chi connectivity index (χ1n) is 8.43. The molecule has 0 spiro atoms. The number of hydrogen-bond acceptors (Lipinski definition) is 5. The first-order valence-corrected chi connectivity index (χ1v) is 8.43. The zero-order chi connectivity index (χ0) is 18.4. The Morgan fingerprint density at radius 2 is 2.12 bits per heavy atom. The zero-order valence-corrected chi connectivity index (χ0v) is 14.9. The average molecular weight is 351 g/mol. The second-order valence-electron chi connectivity index (χ2n) is 5.81. The summed E-state index contributed by atoms with van der Waals surface area (Å²) < 4.78 is 12.5. The first kappa shape index (κ1) is 17.7. The van der Waals surface area contributed by atoms with Crippen molar-refractivity contribution in [3.05, 3.63) is 60.2 Å². The van der Waals surface area contributed by atoms with Gasteiger partial charge in [0.25, 0.3) is 0 Å². The summed E-state index contributed by atoms with van der Waals surface area (Å²) in [4.78, 5) is 20.4. The van der Waals surface area contributed by atoms with Gasteiger partial charge in [0.05, 0.1) is 30.9 Å². The van der Waals surface area contributed by atoms with Crippen molar-refractivity contribution in [3.63, 3.8) is 0 Å². The number of carbonyl (C=O) groups is 1. The lowest BCUT2D eigenvalue weighted by molar-refractivity contribution is -0.137. The maximum absolute atomic E-state index is 11.8. The lowest BCUT2D eigenvalue weighted by atomic mass is 10.2. The number of methoxy groups -OCH3 is 1. The molecule has 0 aliphatic carbocycles. The molecule has 0 saturated carbocycles. The van der Waals surface area contributed by atoms with Gasteiger partial charge in [0.15, 0.2) is 0 Å². The van der Waals surface area contributed by atoms with E-state index in [1.807, 2.05) is 31.2 Å². The molecular formula is C20H21N3O3. The van der Waals surface area contributed by atoms with Crippen molar-refractivity contribution in [2.24, 2.45) is 0 Å². The minimum atomic E-state index is -0.375. The fourth-order valence-electron chi connectivity index (χ4n) is 2.72. The molecular weight excluding hydrogens is 330 g/mol. The van der Waals surface area contributed by atoms with E-state index >= 15 is 0 Å².